The maximum atomic E-state index is 13.0. The van der Waals surface area contributed by atoms with Crippen molar-refractivity contribution in [3.05, 3.63) is 71.3 Å². The molecule has 1 aromatic heterocycles. The first-order valence-electron chi connectivity index (χ1n) is 10.7. The highest BCUT2D eigenvalue weighted by molar-refractivity contribution is 5.90. The highest BCUT2D eigenvalue weighted by Crippen LogP contribution is 2.22. The number of nitrogens with one attached hydrogen (secondary N) is 1. The van der Waals surface area contributed by atoms with Crippen molar-refractivity contribution >= 4 is 5.91 Å². The zero-order valence-corrected chi connectivity index (χ0v) is 17.6. The van der Waals surface area contributed by atoms with Crippen molar-refractivity contribution in [3.63, 3.8) is 0 Å². The Labute approximate surface area is 185 Å². The van der Waals surface area contributed by atoms with Crippen molar-refractivity contribution in [1.29, 1.82) is 5.26 Å². The van der Waals surface area contributed by atoms with Crippen LogP contribution in [0.4, 0.5) is 4.39 Å². The third kappa shape index (κ3) is 5.56. The van der Waals surface area contributed by atoms with E-state index in [4.69, 9.17) is 9.78 Å². The van der Waals surface area contributed by atoms with Gasteiger partial charge >= 0.3 is 0 Å². The molecule has 4 rings (SSSR count). The molecule has 0 atom stereocenters. The second-order valence-corrected chi connectivity index (χ2v) is 8.00. The Morgan fingerprint density at radius 3 is 2.56 bits per heavy atom. The number of hydrogen-bond donors (Lipinski definition) is 1. The average molecular weight is 433 g/mol. The second-order valence-electron chi connectivity index (χ2n) is 8.00. The van der Waals surface area contributed by atoms with Crippen LogP contribution in [-0.4, -0.2) is 40.6 Å². The summed E-state index contributed by atoms with van der Waals surface area (Å²) < 4.78 is 18.2. The maximum absolute atomic E-state index is 13.0. The predicted octanol–water partition coefficient (Wildman–Crippen LogP) is 3.78. The van der Waals surface area contributed by atoms with Crippen LogP contribution in [0.5, 0.6) is 0 Å². The lowest BCUT2D eigenvalue weighted by Crippen LogP contribution is -2.35. The van der Waals surface area contributed by atoms with Gasteiger partial charge in [0.05, 0.1) is 11.6 Å². The second kappa shape index (κ2) is 10.2. The van der Waals surface area contributed by atoms with Gasteiger partial charge in [0.2, 0.25) is 0 Å². The summed E-state index contributed by atoms with van der Waals surface area (Å²) in [4.78, 5) is 18.9. The van der Waals surface area contributed by atoms with Gasteiger partial charge in [-0.3, -0.25) is 9.69 Å². The van der Waals surface area contributed by atoms with E-state index in [1.54, 1.807) is 24.3 Å². The summed E-state index contributed by atoms with van der Waals surface area (Å²) in [6.45, 7) is 3.38. The number of piperidine rings is 1. The summed E-state index contributed by atoms with van der Waals surface area (Å²) in [5.41, 5.74) is 2.31. The molecule has 0 aliphatic carbocycles. The van der Waals surface area contributed by atoms with Crippen LogP contribution in [0.2, 0.25) is 0 Å². The number of nitrogens with zero attached hydrogens (tertiary/aromatic N) is 4. The molecule has 1 N–H and O–H groups in total. The smallest absolute Gasteiger partial charge is 0.292 e. The van der Waals surface area contributed by atoms with Gasteiger partial charge in [0, 0.05) is 18.7 Å². The van der Waals surface area contributed by atoms with E-state index < -0.39 is 0 Å². The van der Waals surface area contributed by atoms with Gasteiger partial charge in [-0.05, 0) is 80.2 Å². The van der Waals surface area contributed by atoms with E-state index in [2.05, 4.69) is 20.4 Å². The zero-order valence-electron chi connectivity index (χ0n) is 17.6. The van der Waals surface area contributed by atoms with Crippen LogP contribution in [0.15, 0.2) is 53.1 Å². The van der Waals surface area contributed by atoms with Gasteiger partial charge in [-0.25, -0.2) is 4.39 Å². The molecule has 1 amide bonds. The van der Waals surface area contributed by atoms with Crippen molar-refractivity contribution in [2.24, 2.45) is 5.92 Å². The minimum Gasteiger partial charge on any atom is -0.349 e. The molecule has 3 aromatic rings. The number of halogens is 1. The Hall–Kier alpha value is -3.57. The number of hydrogen-bond acceptors (Lipinski definition) is 6. The number of amides is 1. The Morgan fingerprint density at radius 1 is 1.16 bits per heavy atom. The standard InChI is InChI=1S/C24H24FN5O2/c25-21-7-3-19(4-8-21)16-30-13-10-17(11-14-30)9-12-27-23(31)22-28-24(32-29-22)20-5-1-18(15-26)2-6-20/h1-8,17H,9-14,16H2,(H,27,31). The average Bonchev–Trinajstić information content (AvgIpc) is 3.32. The molecular formula is C24H24FN5O2. The van der Waals surface area contributed by atoms with E-state index in [1.807, 2.05) is 18.2 Å². The molecule has 32 heavy (non-hydrogen) atoms. The summed E-state index contributed by atoms with van der Waals surface area (Å²) >= 11 is 0. The van der Waals surface area contributed by atoms with Gasteiger partial charge in [0.15, 0.2) is 0 Å². The number of likely N-dealkylation sites (tertiary alicyclic amines) is 1. The third-order valence-electron chi connectivity index (χ3n) is 5.75. The van der Waals surface area contributed by atoms with Crippen LogP contribution < -0.4 is 5.32 Å². The fraction of sp³-hybridized carbons (Fsp3) is 0.333. The van der Waals surface area contributed by atoms with Crippen LogP contribution in [-0.2, 0) is 6.54 Å². The van der Waals surface area contributed by atoms with E-state index in [9.17, 15) is 9.18 Å². The lowest BCUT2D eigenvalue weighted by atomic mass is 9.93. The van der Waals surface area contributed by atoms with E-state index in [0.717, 1.165) is 44.5 Å². The van der Waals surface area contributed by atoms with Gasteiger partial charge in [-0.2, -0.15) is 10.2 Å². The molecule has 0 unspecified atom stereocenters. The molecule has 1 aliphatic rings. The van der Waals surface area contributed by atoms with E-state index in [1.165, 1.54) is 12.1 Å². The minimum atomic E-state index is -0.359. The summed E-state index contributed by atoms with van der Waals surface area (Å²) in [6, 6.07) is 15.4. The van der Waals surface area contributed by atoms with E-state index in [0.29, 0.717) is 23.6 Å². The molecule has 164 valence electrons. The number of benzene rings is 2. The minimum absolute atomic E-state index is 0.00141. The fourth-order valence-corrected chi connectivity index (χ4v) is 3.87. The summed E-state index contributed by atoms with van der Waals surface area (Å²) in [5, 5.41) is 15.5. The first kappa shape index (κ1) is 21.7. The highest BCUT2D eigenvalue weighted by Gasteiger charge is 2.20. The number of aromatic nitrogens is 2. The largest absolute Gasteiger partial charge is 0.349 e. The number of carbonyl (C=O) groups excluding carboxylic acids is 1. The molecule has 0 bridgehead atoms. The molecule has 1 saturated heterocycles. The molecule has 2 heterocycles. The first-order chi connectivity index (χ1) is 15.6. The first-order valence-corrected chi connectivity index (χ1v) is 10.7. The molecule has 0 saturated carbocycles. The zero-order chi connectivity index (χ0) is 22.3. The highest BCUT2D eigenvalue weighted by atomic mass is 19.1. The topological polar surface area (TPSA) is 95.0 Å². The van der Waals surface area contributed by atoms with Crippen molar-refractivity contribution in [2.75, 3.05) is 19.6 Å². The van der Waals surface area contributed by atoms with Crippen molar-refractivity contribution in [2.45, 2.75) is 25.8 Å². The molecule has 8 heteroatoms. The predicted molar refractivity (Wildman–Crippen MR) is 116 cm³/mol. The van der Waals surface area contributed by atoms with E-state index in [-0.39, 0.29) is 23.4 Å². The third-order valence-corrected chi connectivity index (χ3v) is 5.75. The molecule has 0 spiro atoms. The van der Waals surface area contributed by atoms with Gasteiger partial charge in [0.25, 0.3) is 17.6 Å². The van der Waals surface area contributed by atoms with Gasteiger partial charge < -0.3 is 9.84 Å². The lowest BCUT2D eigenvalue weighted by Gasteiger charge is -2.32. The molecular weight excluding hydrogens is 409 g/mol. The van der Waals surface area contributed by atoms with Crippen molar-refractivity contribution in [1.82, 2.24) is 20.4 Å². The Bertz CT molecular complexity index is 1080. The summed E-state index contributed by atoms with van der Waals surface area (Å²) in [6.07, 6.45) is 3.04. The van der Waals surface area contributed by atoms with Crippen LogP contribution in [0.25, 0.3) is 11.5 Å². The Balaban J connectivity index is 1.19. The monoisotopic (exact) mass is 433 g/mol. The van der Waals surface area contributed by atoms with Crippen LogP contribution >= 0.6 is 0 Å². The maximum Gasteiger partial charge on any atom is 0.292 e. The summed E-state index contributed by atoms with van der Waals surface area (Å²) in [5.74, 6) is 0.231. The molecule has 1 aliphatic heterocycles. The van der Waals surface area contributed by atoms with Crippen LogP contribution in [0.1, 0.15) is 41.0 Å². The number of rotatable bonds is 7. The van der Waals surface area contributed by atoms with Crippen molar-refractivity contribution in [3.8, 4) is 17.5 Å². The number of nitriles is 1. The number of carbonyl (C=O) groups is 1. The fourth-order valence-electron chi connectivity index (χ4n) is 3.87. The molecule has 7 nitrogen and oxygen atoms in total. The molecule has 2 aromatic carbocycles. The van der Waals surface area contributed by atoms with Crippen LogP contribution in [0.3, 0.4) is 0 Å². The quantitative estimate of drug-likeness (QED) is 0.609. The van der Waals surface area contributed by atoms with Crippen LogP contribution in [0, 0.1) is 23.1 Å². The van der Waals surface area contributed by atoms with Gasteiger partial charge in [-0.1, -0.05) is 17.3 Å². The Kier molecular flexibility index (Phi) is 6.87. The Morgan fingerprint density at radius 2 is 1.88 bits per heavy atom. The van der Waals surface area contributed by atoms with Gasteiger partial charge in [-0.15, -0.1) is 0 Å². The molecule has 1 fully saturated rings. The van der Waals surface area contributed by atoms with E-state index >= 15 is 0 Å². The normalized spacial score (nSPS) is 14.8. The molecule has 0 radical (unpaired) electrons. The van der Waals surface area contributed by atoms with Crippen molar-refractivity contribution < 1.29 is 13.7 Å². The SMILES string of the molecule is N#Cc1ccc(-c2nc(C(=O)NCCC3CCN(Cc4ccc(F)cc4)CC3)no2)cc1. The summed E-state index contributed by atoms with van der Waals surface area (Å²) in [7, 11) is 0. The van der Waals surface area contributed by atoms with Gasteiger partial charge in [0.1, 0.15) is 5.82 Å². The lowest BCUT2D eigenvalue weighted by molar-refractivity contribution is 0.0934.